The summed E-state index contributed by atoms with van der Waals surface area (Å²) in [5.41, 5.74) is 2.14. The molecule has 0 aromatic heterocycles. The van der Waals surface area contributed by atoms with E-state index in [1.54, 1.807) is 0 Å². The number of rotatable bonds is 3. The van der Waals surface area contributed by atoms with Gasteiger partial charge in [0.15, 0.2) is 0 Å². The summed E-state index contributed by atoms with van der Waals surface area (Å²) in [5.74, 6) is 0. The van der Waals surface area contributed by atoms with Crippen LogP contribution in [-0.4, -0.2) is 17.0 Å². The van der Waals surface area contributed by atoms with Crippen molar-refractivity contribution in [1.82, 2.24) is 0 Å². The van der Waals surface area contributed by atoms with Crippen LogP contribution in [0.5, 0.6) is 0 Å². The third-order valence-electron chi connectivity index (χ3n) is 4.01. The lowest BCUT2D eigenvalue weighted by atomic mass is 9.96. The zero-order valence-corrected chi connectivity index (χ0v) is 11.5. The molecule has 104 valence electrons. The highest BCUT2D eigenvalue weighted by Crippen LogP contribution is 2.23. The second kappa shape index (κ2) is 6.06. The lowest BCUT2D eigenvalue weighted by Crippen LogP contribution is -2.21. The van der Waals surface area contributed by atoms with Crippen molar-refractivity contribution in [2.24, 2.45) is 5.16 Å². The molecule has 2 aromatic carbocycles. The number of ether oxygens (including phenoxy) is 1. The Kier molecular flexibility index (Phi) is 3.97. The van der Waals surface area contributed by atoms with Crippen LogP contribution in [0.1, 0.15) is 31.2 Å². The Morgan fingerprint density at radius 3 is 2.60 bits per heavy atom. The van der Waals surface area contributed by atoms with E-state index in [1.807, 2.05) is 0 Å². The Labute approximate surface area is 118 Å². The number of benzene rings is 2. The quantitative estimate of drug-likeness (QED) is 0.672. The van der Waals surface area contributed by atoms with Crippen molar-refractivity contribution in [1.29, 1.82) is 0 Å². The lowest BCUT2D eigenvalue weighted by molar-refractivity contribution is 0.0283. The van der Waals surface area contributed by atoms with Crippen LogP contribution in [0.25, 0.3) is 10.8 Å². The molecule has 0 aliphatic heterocycles. The van der Waals surface area contributed by atoms with Crippen molar-refractivity contribution >= 4 is 16.5 Å². The first-order valence-corrected chi connectivity index (χ1v) is 7.15. The summed E-state index contributed by atoms with van der Waals surface area (Å²) >= 11 is 0. The molecular weight excluding hydrogens is 250 g/mol. The highest BCUT2D eigenvalue weighted by Gasteiger charge is 2.18. The van der Waals surface area contributed by atoms with E-state index in [1.165, 1.54) is 16.3 Å². The SMILES string of the molecule is ON=C1CCC(OCc2cccc3ccccc23)CC1. The minimum Gasteiger partial charge on any atom is -0.411 e. The van der Waals surface area contributed by atoms with E-state index in [0.29, 0.717) is 6.61 Å². The molecule has 1 N–H and O–H groups in total. The van der Waals surface area contributed by atoms with Crippen molar-refractivity contribution in [2.45, 2.75) is 38.4 Å². The van der Waals surface area contributed by atoms with Gasteiger partial charge in [-0.15, -0.1) is 0 Å². The molecule has 1 aliphatic rings. The van der Waals surface area contributed by atoms with Crippen molar-refractivity contribution < 1.29 is 9.94 Å². The maximum absolute atomic E-state index is 8.75. The smallest absolute Gasteiger partial charge is 0.0726 e. The van der Waals surface area contributed by atoms with Gasteiger partial charge >= 0.3 is 0 Å². The monoisotopic (exact) mass is 269 g/mol. The van der Waals surface area contributed by atoms with Gasteiger partial charge in [-0.1, -0.05) is 47.6 Å². The second-order valence-corrected chi connectivity index (χ2v) is 5.31. The molecule has 2 aromatic rings. The van der Waals surface area contributed by atoms with E-state index < -0.39 is 0 Å². The molecule has 1 saturated carbocycles. The second-order valence-electron chi connectivity index (χ2n) is 5.31. The molecule has 0 heterocycles. The van der Waals surface area contributed by atoms with Crippen LogP contribution in [0.3, 0.4) is 0 Å². The molecule has 0 bridgehead atoms. The topological polar surface area (TPSA) is 41.8 Å². The van der Waals surface area contributed by atoms with Gasteiger partial charge in [0, 0.05) is 0 Å². The zero-order chi connectivity index (χ0) is 13.8. The first-order valence-electron chi connectivity index (χ1n) is 7.15. The maximum atomic E-state index is 8.75. The van der Waals surface area contributed by atoms with Crippen molar-refractivity contribution in [3.8, 4) is 0 Å². The molecule has 3 rings (SSSR count). The van der Waals surface area contributed by atoms with Crippen molar-refractivity contribution in [3.63, 3.8) is 0 Å². The lowest BCUT2D eigenvalue weighted by Gasteiger charge is -2.23. The van der Waals surface area contributed by atoms with Crippen LogP contribution >= 0.6 is 0 Å². The fourth-order valence-corrected chi connectivity index (χ4v) is 2.82. The molecule has 3 nitrogen and oxygen atoms in total. The van der Waals surface area contributed by atoms with Crippen LogP contribution in [0, 0.1) is 0 Å². The molecule has 0 saturated heterocycles. The number of oxime groups is 1. The summed E-state index contributed by atoms with van der Waals surface area (Å²) in [6, 6.07) is 14.7. The summed E-state index contributed by atoms with van der Waals surface area (Å²) in [6.45, 7) is 0.650. The summed E-state index contributed by atoms with van der Waals surface area (Å²) in [6.07, 6.45) is 3.86. The first-order chi connectivity index (χ1) is 9.86. The predicted octanol–water partition coefficient (Wildman–Crippen LogP) is 4.13. The Morgan fingerprint density at radius 1 is 1.05 bits per heavy atom. The van der Waals surface area contributed by atoms with Gasteiger partial charge in [-0.25, -0.2) is 0 Å². The highest BCUT2D eigenvalue weighted by molar-refractivity contribution is 5.85. The molecule has 0 amide bonds. The third kappa shape index (κ3) is 2.83. The Bertz CT molecular complexity index is 606. The van der Waals surface area contributed by atoms with Gasteiger partial charge in [-0.2, -0.15) is 0 Å². The fourth-order valence-electron chi connectivity index (χ4n) is 2.82. The van der Waals surface area contributed by atoms with Gasteiger partial charge in [0.2, 0.25) is 0 Å². The van der Waals surface area contributed by atoms with Crippen LogP contribution in [0.4, 0.5) is 0 Å². The molecule has 3 heteroatoms. The van der Waals surface area contributed by atoms with E-state index in [9.17, 15) is 0 Å². The average molecular weight is 269 g/mol. The Morgan fingerprint density at radius 2 is 1.80 bits per heavy atom. The summed E-state index contributed by atoms with van der Waals surface area (Å²) in [4.78, 5) is 0. The van der Waals surface area contributed by atoms with Gasteiger partial charge in [0.1, 0.15) is 0 Å². The van der Waals surface area contributed by atoms with Crippen LogP contribution in [0.15, 0.2) is 47.6 Å². The molecule has 0 radical (unpaired) electrons. The van der Waals surface area contributed by atoms with Crippen LogP contribution in [0.2, 0.25) is 0 Å². The molecule has 1 fully saturated rings. The van der Waals surface area contributed by atoms with E-state index in [0.717, 1.165) is 31.4 Å². The van der Waals surface area contributed by atoms with E-state index in [4.69, 9.17) is 9.94 Å². The number of hydrogen-bond acceptors (Lipinski definition) is 3. The van der Waals surface area contributed by atoms with Gasteiger partial charge in [0.05, 0.1) is 18.4 Å². The first kappa shape index (κ1) is 13.1. The average Bonchev–Trinajstić information content (AvgIpc) is 2.53. The van der Waals surface area contributed by atoms with Crippen LogP contribution < -0.4 is 0 Å². The van der Waals surface area contributed by atoms with Gasteiger partial charge in [-0.3, -0.25) is 0 Å². The van der Waals surface area contributed by atoms with Gasteiger partial charge < -0.3 is 9.94 Å². The Hall–Kier alpha value is -1.87. The normalized spacial score (nSPS) is 19.2. The number of hydrogen-bond donors (Lipinski definition) is 1. The molecule has 1 aliphatic carbocycles. The highest BCUT2D eigenvalue weighted by atomic mass is 16.5. The summed E-state index contributed by atoms with van der Waals surface area (Å²) < 4.78 is 6.03. The third-order valence-corrected chi connectivity index (χ3v) is 4.01. The van der Waals surface area contributed by atoms with Crippen molar-refractivity contribution in [2.75, 3.05) is 0 Å². The van der Waals surface area contributed by atoms with E-state index in [-0.39, 0.29) is 6.10 Å². The van der Waals surface area contributed by atoms with Crippen molar-refractivity contribution in [3.05, 3.63) is 48.0 Å². The summed E-state index contributed by atoms with van der Waals surface area (Å²) in [5, 5.41) is 14.6. The molecule has 0 unspecified atom stereocenters. The standard InChI is InChI=1S/C17H19NO2/c19-18-15-8-10-16(11-9-15)20-12-14-6-3-5-13-4-1-2-7-17(13)14/h1-7,16,19H,8-12H2. The predicted molar refractivity (Wildman–Crippen MR) is 80.2 cm³/mol. The largest absolute Gasteiger partial charge is 0.411 e. The van der Waals surface area contributed by atoms with Gasteiger partial charge in [-0.05, 0) is 42.0 Å². The minimum absolute atomic E-state index is 0.277. The molecule has 0 spiro atoms. The van der Waals surface area contributed by atoms with E-state index >= 15 is 0 Å². The van der Waals surface area contributed by atoms with E-state index in [2.05, 4.69) is 47.6 Å². The zero-order valence-electron chi connectivity index (χ0n) is 11.5. The molecule has 20 heavy (non-hydrogen) atoms. The summed E-state index contributed by atoms with van der Waals surface area (Å²) in [7, 11) is 0. The van der Waals surface area contributed by atoms with Gasteiger partial charge in [0.25, 0.3) is 0 Å². The minimum atomic E-state index is 0.277. The molecular formula is C17H19NO2. The molecule has 0 atom stereocenters. The number of nitrogens with zero attached hydrogens (tertiary/aromatic N) is 1. The fraction of sp³-hybridized carbons (Fsp3) is 0.353. The Balaban J connectivity index is 1.66. The number of fused-ring (bicyclic) bond motifs is 1. The van der Waals surface area contributed by atoms with Crippen LogP contribution in [-0.2, 0) is 11.3 Å². The maximum Gasteiger partial charge on any atom is 0.0726 e.